The molecule has 1 aromatic carbocycles. The zero-order chi connectivity index (χ0) is 14.7. The molecule has 1 N–H and O–H groups in total. The Hall–Kier alpha value is -1.40. The van der Waals surface area contributed by atoms with Crippen LogP contribution in [0.4, 0.5) is 4.39 Å². The van der Waals surface area contributed by atoms with Gasteiger partial charge in [-0.1, -0.05) is 22.9 Å². The van der Waals surface area contributed by atoms with E-state index >= 15 is 0 Å². The molecule has 4 nitrogen and oxygen atoms in total. The summed E-state index contributed by atoms with van der Waals surface area (Å²) in [5.74, 6) is 0.404. The minimum absolute atomic E-state index is 0.201. The lowest BCUT2D eigenvalue weighted by atomic mass is 10.0. The summed E-state index contributed by atoms with van der Waals surface area (Å²) in [6, 6.07) is 4.45. The molecule has 1 heterocycles. The third-order valence-corrected chi connectivity index (χ3v) is 3.84. The van der Waals surface area contributed by atoms with E-state index in [1.165, 1.54) is 12.1 Å². The molecule has 0 aliphatic heterocycles. The van der Waals surface area contributed by atoms with Crippen molar-refractivity contribution in [1.82, 2.24) is 15.1 Å². The minimum Gasteiger partial charge on any atom is -0.493 e. The van der Waals surface area contributed by atoms with Gasteiger partial charge in [-0.15, -0.1) is 0 Å². The van der Waals surface area contributed by atoms with Gasteiger partial charge < -0.3 is 10.1 Å². The Morgan fingerprint density at radius 3 is 2.90 bits per heavy atom. The Bertz CT molecular complexity index is 600. The van der Waals surface area contributed by atoms with Crippen LogP contribution in [0.5, 0.6) is 5.75 Å². The number of nitrogens with one attached hydrogen (secondary N) is 1. The van der Waals surface area contributed by atoms with Crippen molar-refractivity contribution >= 4 is 15.9 Å². The van der Waals surface area contributed by atoms with Crippen LogP contribution in [-0.4, -0.2) is 23.4 Å². The Labute approximate surface area is 126 Å². The van der Waals surface area contributed by atoms with Crippen molar-refractivity contribution in [2.75, 3.05) is 13.7 Å². The highest BCUT2D eigenvalue weighted by atomic mass is 79.9. The molecule has 1 atom stereocenters. The lowest BCUT2D eigenvalue weighted by molar-refractivity contribution is 0.401. The maximum atomic E-state index is 13.6. The highest BCUT2D eigenvalue weighted by Crippen LogP contribution is 2.33. The molecule has 0 bridgehead atoms. The van der Waals surface area contributed by atoms with Crippen LogP contribution in [0.2, 0.25) is 0 Å². The first-order valence-electron chi connectivity index (χ1n) is 6.32. The number of aryl methyl sites for hydroxylation is 1. The maximum Gasteiger partial charge on any atom is 0.161 e. The molecule has 0 aliphatic rings. The molecule has 0 aliphatic carbocycles. The topological polar surface area (TPSA) is 39.1 Å². The maximum absolute atomic E-state index is 13.6. The lowest BCUT2D eigenvalue weighted by Gasteiger charge is -2.21. The highest BCUT2D eigenvalue weighted by molar-refractivity contribution is 9.10. The molecule has 0 fully saturated rings. The largest absolute Gasteiger partial charge is 0.493 e. The quantitative estimate of drug-likeness (QED) is 0.908. The van der Waals surface area contributed by atoms with Crippen molar-refractivity contribution in [3.63, 3.8) is 0 Å². The molecule has 6 heteroatoms. The predicted molar refractivity (Wildman–Crippen MR) is 79.4 cm³/mol. The van der Waals surface area contributed by atoms with E-state index in [0.29, 0.717) is 5.75 Å². The molecular formula is C14H17BrFN3O. The lowest BCUT2D eigenvalue weighted by Crippen LogP contribution is -2.25. The van der Waals surface area contributed by atoms with Gasteiger partial charge in [0.15, 0.2) is 5.75 Å². The second-order valence-electron chi connectivity index (χ2n) is 4.38. The average molecular weight is 342 g/mol. The van der Waals surface area contributed by atoms with Gasteiger partial charge in [-0.3, -0.25) is 4.68 Å². The monoisotopic (exact) mass is 341 g/mol. The summed E-state index contributed by atoms with van der Waals surface area (Å²) in [5.41, 5.74) is 1.68. The van der Waals surface area contributed by atoms with Gasteiger partial charge in [-0.25, -0.2) is 4.39 Å². The van der Waals surface area contributed by atoms with Crippen LogP contribution in [0.1, 0.15) is 24.2 Å². The summed E-state index contributed by atoms with van der Waals surface area (Å²) in [6.07, 6.45) is 1.66. The van der Waals surface area contributed by atoms with E-state index in [-0.39, 0.29) is 11.9 Å². The molecule has 0 saturated heterocycles. The SMILES string of the molecule is CCNC(c1cc(F)ccc1Br)c1c(OC)cnn1C. The zero-order valence-corrected chi connectivity index (χ0v) is 13.2. The van der Waals surface area contributed by atoms with Gasteiger partial charge >= 0.3 is 0 Å². The first kappa shape index (κ1) is 15.0. The summed E-state index contributed by atoms with van der Waals surface area (Å²) >= 11 is 3.48. The molecule has 1 aromatic heterocycles. The molecule has 108 valence electrons. The van der Waals surface area contributed by atoms with Crippen molar-refractivity contribution in [3.05, 3.63) is 45.9 Å². The van der Waals surface area contributed by atoms with Crippen molar-refractivity contribution in [2.24, 2.45) is 7.05 Å². The Morgan fingerprint density at radius 1 is 1.50 bits per heavy atom. The molecule has 0 saturated carbocycles. The average Bonchev–Trinajstić information content (AvgIpc) is 2.80. The van der Waals surface area contributed by atoms with Crippen LogP contribution in [0.25, 0.3) is 0 Å². The summed E-state index contributed by atoms with van der Waals surface area (Å²) in [6.45, 7) is 2.74. The number of hydrogen-bond donors (Lipinski definition) is 1. The van der Waals surface area contributed by atoms with Crippen LogP contribution >= 0.6 is 15.9 Å². The van der Waals surface area contributed by atoms with Crippen LogP contribution in [0.15, 0.2) is 28.9 Å². The van der Waals surface area contributed by atoms with E-state index in [2.05, 4.69) is 26.3 Å². The Balaban J connectivity index is 2.56. The van der Waals surface area contributed by atoms with Crippen LogP contribution in [0.3, 0.4) is 0 Å². The van der Waals surface area contributed by atoms with Gasteiger partial charge in [0.2, 0.25) is 0 Å². The molecule has 2 rings (SSSR count). The van der Waals surface area contributed by atoms with Gasteiger partial charge in [0.1, 0.15) is 11.5 Å². The van der Waals surface area contributed by atoms with Gasteiger partial charge in [0, 0.05) is 11.5 Å². The van der Waals surface area contributed by atoms with Crippen LogP contribution < -0.4 is 10.1 Å². The fraction of sp³-hybridized carbons (Fsp3) is 0.357. The summed E-state index contributed by atoms with van der Waals surface area (Å²) < 4.78 is 21.5. The van der Waals surface area contributed by atoms with E-state index in [9.17, 15) is 4.39 Å². The minimum atomic E-state index is -0.271. The molecule has 0 spiro atoms. The Kier molecular flexibility index (Phi) is 4.77. The molecular weight excluding hydrogens is 325 g/mol. The summed E-state index contributed by atoms with van der Waals surface area (Å²) in [7, 11) is 3.44. The standard InChI is InChI=1S/C14H17BrFN3O/c1-4-17-13(10-7-9(16)5-6-11(10)15)14-12(20-3)8-18-19(14)2/h5-8,13,17H,4H2,1-3H3. The van der Waals surface area contributed by atoms with Crippen molar-refractivity contribution in [2.45, 2.75) is 13.0 Å². The number of ether oxygens (including phenoxy) is 1. The predicted octanol–water partition coefficient (Wildman–Crippen LogP) is 3.03. The fourth-order valence-electron chi connectivity index (χ4n) is 2.21. The van der Waals surface area contributed by atoms with E-state index in [1.54, 1.807) is 24.1 Å². The summed E-state index contributed by atoms with van der Waals surface area (Å²) in [4.78, 5) is 0. The number of rotatable bonds is 5. The van der Waals surface area contributed by atoms with Crippen molar-refractivity contribution in [3.8, 4) is 5.75 Å². The Morgan fingerprint density at radius 2 is 2.25 bits per heavy atom. The van der Waals surface area contributed by atoms with Crippen LogP contribution in [0, 0.1) is 5.82 Å². The fourth-order valence-corrected chi connectivity index (χ4v) is 2.68. The van der Waals surface area contributed by atoms with Crippen molar-refractivity contribution < 1.29 is 9.13 Å². The molecule has 0 amide bonds. The van der Waals surface area contributed by atoms with E-state index < -0.39 is 0 Å². The molecule has 1 unspecified atom stereocenters. The van der Waals surface area contributed by atoms with E-state index in [0.717, 1.165) is 22.3 Å². The number of methoxy groups -OCH3 is 1. The normalized spacial score (nSPS) is 12.4. The third-order valence-electron chi connectivity index (χ3n) is 3.12. The zero-order valence-electron chi connectivity index (χ0n) is 11.7. The first-order valence-corrected chi connectivity index (χ1v) is 7.12. The van der Waals surface area contributed by atoms with Gasteiger partial charge in [-0.2, -0.15) is 5.10 Å². The number of aromatic nitrogens is 2. The second kappa shape index (κ2) is 6.37. The summed E-state index contributed by atoms with van der Waals surface area (Å²) in [5, 5.41) is 7.56. The number of nitrogens with zero attached hydrogens (tertiary/aromatic N) is 2. The van der Waals surface area contributed by atoms with E-state index in [4.69, 9.17) is 4.74 Å². The molecule has 2 aromatic rings. The molecule has 20 heavy (non-hydrogen) atoms. The molecule has 0 radical (unpaired) electrons. The van der Waals surface area contributed by atoms with Gasteiger partial charge in [0.25, 0.3) is 0 Å². The first-order chi connectivity index (χ1) is 9.58. The number of benzene rings is 1. The second-order valence-corrected chi connectivity index (χ2v) is 5.23. The highest BCUT2D eigenvalue weighted by Gasteiger charge is 2.24. The third kappa shape index (κ3) is 2.86. The smallest absolute Gasteiger partial charge is 0.161 e. The number of hydrogen-bond acceptors (Lipinski definition) is 3. The van der Waals surface area contributed by atoms with E-state index in [1.807, 2.05) is 14.0 Å². The van der Waals surface area contributed by atoms with Crippen LogP contribution in [-0.2, 0) is 7.05 Å². The van der Waals surface area contributed by atoms with Gasteiger partial charge in [-0.05, 0) is 30.3 Å². The van der Waals surface area contributed by atoms with Gasteiger partial charge in [0.05, 0.1) is 19.3 Å². The number of halogens is 2. The van der Waals surface area contributed by atoms with Crippen molar-refractivity contribution in [1.29, 1.82) is 0 Å².